The third-order valence-electron chi connectivity index (χ3n) is 2.49. The Hall–Kier alpha value is -1.88. The number of hydrogen-bond donors (Lipinski definition) is 1. The Kier molecular flexibility index (Phi) is 2.33. The first-order valence-electron chi connectivity index (χ1n) is 5.05. The van der Waals surface area contributed by atoms with Crippen molar-refractivity contribution in [2.45, 2.75) is 0 Å². The number of aromatic hydroxyl groups is 1. The Balaban J connectivity index is 2.38. The number of rotatable bonds is 1. The molecule has 3 heterocycles. The molecule has 17 heavy (non-hydrogen) atoms. The normalized spacial score (nSPS) is 10.9. The van der Waals surface area contributed by atoms with Gasteiger partial charge in [0.15, 0.2) is 11.7 Å². The summed E-state index contributed by atoms with van der Waals surface area (Å²) >= 11 is 3.38. The van der Waals surface area contributed by atoms with Gasteiger partial charge in [0, 0.05) is 6.20 Å². The average molecular weight is 290 g/mol. The number of halogens is 1. The van der Waals surface area contributed by atoms with Gasteiger partial charge in [-0.2, -0.15) is 0 Å². The summed E-state index contributed by atoms with van der Waals surface area (Å²) in [5.74, 6) is 0.756. The Bertz CT molecular complexity index is 679. The summed E-state index contributed by atoms with van der Waals surface area (Å²) in [6, 6.07) is 10.9. The lowest BCUT2D eigenvalue weighted by atomic mass is 10.3. The van der Waals surface area contributed by atoms with Gasteiger partial charge < -0.3 is 5.11 Å². The summed E-state index contributed by atoms with van der Waals surface area (Å²) in [4.78, 5) is 8.62. The molecule has 0 aliphatic carbocycles. The van der Waals surface area contributed by atoms with Gasteiger partial charge in [-0.3, -0.25) is 9.38 Å². The van der Waals surface area contributed by atoms with Crippen LogP contribution in [0.1, 0.15) is 0 Å². The van der Waals surface area contributed by atoms with E-state index >= 15 is 0 Å². The summed E-state index contributed by atoms with van der Waals surface area (Å²) in [5.41, 5.74) is 1.53. The highest BCUT2D eigenvalue weighted by molar-refractivity contribution is 9.10. The van der Waals surface area contributed by atoms with Gasteiger partial charge in [-0.05, 0) is 40.2 Å². The number of aromatic nitrogens is 3. The molecule has 0 aliphatic heterocycles. The molecule has 0 aromatic carbocycles. The van der Waals surface area contributed by atoms with Crippen LogP contribution in [0, 0.1) is 0 Å². The molecule has 0 spiro atoms. The van der Waals surface area contributed by atoms with Gasteiger partial charge in [0.1, 0.15) is 10.3 Å². The second kappa shape index (κ2) is 3.85. The van der Waals surface area contributed by atoms with Crippen molar-refractivity contribution < 1.29 is 5.11 Å². The lowest BCUT2D eigenvalue weighted by molar-refractivity contribution is 0.446. The molecule has 0 saturated heterocycles. The monoisotopic (exact) mass is 289 g/mol. The largest absolute Gasteiger partial charge is 0.494 e. The van der Waals surface area contributed by atoms with Crippen LogP contribution >= 0.6 is 15.9 Å². The topological polar surface area (TPSA) is 50.4 Å². The van der Waals surface area contributed by atoms with Crippen LogP contribution in [-0.4, -0.2) is 19.5 Å². The molecule has 5 heteroatoms. The summed E-state index contributed by atoms with van der Waals surface area (Å²) in [6.45, 7) is 0. The first-order chi connectivity index (χ1) is 8.27. The number of fused-ring (bicyclic) bond motifs is 1. The van der Waals surface area contributed by atoms with E-state index in [4.69, 9.17) is 0 Å². The standard InChI is InChI=1S/C12H8BrN3O/c13-11-9-5-3-6-10(17)16(9)12(15-11)8-4-1-2-7-14-8/h1-7,17H. The van der Waals surface area contributed by atoms with E-state index in [0.29, 0.717) is 10.4 Å². The molecule has 0 radical (unpaired) electrons. The van der Waals surface area contributed by atoms with Gasteiger partial charge in [0.25, 0.3) is 0 Å². The van der Waals surface area contributed by atoms with Crippen LogP contribution in [0.25, 0.3) is 17.0 Å². The van der Waals surface area contributed by atoms with Crippen molar-refractivity contribution in [1.29, 1.82) is 0 Å². The molecule has 0 fully saturated rings. The zero-order valence-electron chi connectivity index (χ0n) is 8.71. The first-order valence-corrected chi connectivity index (χ1v) is 5.84. The van der Waals surface area contributed by atoms with E-state index in [-0.39, 0.29) is 5.88 Å². The van der Waals surface area contributed by atoms with Crippen LogP contribution in [0.15, 0.2) is 47.2 Å². The summed E-state index contributed by atoms with van der Waals surface area (Å²) in [5, 5.41) is 9.90. The molecule has 0 amide bonds. The van der Waals surface area contributed by atoms with E-state index in [1.54, 1.807) is 22.7 Å². The summed E-state index contributed by atoms with van der Waals surface area (Å²) in [7, 11) is 0. The molecule has 3 aromatic rings. The molecule has 0 saturated carbocycles. The van der Waals surface area contributed by atoms with Crippen molar-refractivity contribution in [2.24, 2.45) is 0 Å². The molecule has 3 rings (SSSR count). The number of hydrogen-bond acceptors (Lipinski definition) is 3. The maximum absolute atomic E-state index is 9.90. The van der Waals surface area contributed by atoms with Crippen LogP contribution < -0.4 is 0 Å². The molecular formula is C12H8BrN3O. The molecule has 0 atom stereocenters. The van der Waals surface area contributed by atoms with Crippen LogP contribution in [-0.2, 0) is 0 Å². The Morgan fingerprint density at radius 3 is 2.76 bits per heavy atom. The molecule has 0 unspecified atom stereocenters. The second-order valence-corrected chi connectivity index (χ2v) is 4.30. The third-order valence-corrected chi connectivity index (χ3v) is 3.07. The highest BCUT2D eigenvalue weighted by Gasteiger charge is 2.13. The minimum Gasteiger partial charge on any atom is -0.494 e. The highest BCUT2D eigenvalue weighted by Crippen LogP contribution is 2.28. The molecule has 84 valence electrons. The van der Waals surface area contributed by atoms with E-state index in [9.17, 15) is 5.11 Å². The minimum atomic E-state index is 0.140. The van der Waals surface area contributed by atoms with E-state index in [1.165, 1.54) is 0 Å². The quantitative estimate of drug-likeness (QED) is 0.749. The fourth-order valence-electron chi connectivity index (χ4n) is 1.75. The Morgan fingerprint density at radius 2 is 2.00 bits per heavy atom. The van der Waals surface area contributed by atoms with E-state index < -0.39 is 0 Å². The van der Waals surface area contributed by atoms with Gasteiger partial charge in [-0.1, -0.05) is 12.1 Å². The fourth-order valence-corrected chi connectivity index (χ4v) is 2.23. The van der Waals surface area contributed by atoms with Crippen molar-refractivity contribution in [3.05, 3.63) is 47.2 Å². The zero-order valence-corrected chi connectivity index (χ0v) is 10.3. The lowest BCUT2D eigenvalue weighted by Gasteiger charge is -2.02. The number of imidazole rings is 1. The first kappa shape index (κ1) is 10.3. The third kappa shape index (κ3) is 1.59. The van der Waals surface area contributed by atoms with E-state index in [2.05, 4.69) is 25.9 Å². The minimum absolute atomic E-state index is 0.140. The fraction of sp³-hybridized carbons (Fsp3) is 0. The van der Waals surface area contributed by atoms with Crippen LogP contribution in [0.3, 0.4) is 0 Å². The van der Waals surface area contributed by atoms with Crippen molar-refractivity contribution in [3.8, 4) is 17.4 Å². The molecule has 4 nitrogen and oxygen atoms in total. The van der Waals surface area contributed by atoms with Gasteiger partial charge in [-0.25, -0.2) is 4.98 Å². The SMILES string of the molecule is Oc1cccc2c(Br)nc(-c3ccccn3)n12. The predicted molar refractivity (Wildman–Crippen MR) is 67.8 cm³/mol. The van der Waals surface area contributed by atoms with Crippen molar-refractivity contribution >= 4 is 21.4 Å². The summed E-state index contributed by atoms with van der Waals surface area (Å²) < 4.78 is 2.35. The van der Waals surface area contributed by atoms with Crippen LogP contribution in [0.2, 0.25) is 0 Å². The van der Waals surface area contributed by atoms with Crippen LogP contribution in [0.5, 0.6) is 5.88 Å². The van der Waals surface area contributed by atoms with Crippen LogP contribution in [0.4, 0.5) is 0 Å². The molecule has 3 aromatic heterocycles. The smallest absolute Gasteiger partial charge is 0.197 e. The van der Waals surface area contributed by atoms with Gasteiger partial charge >= 0.3 is 0 Å². The molecule has 0 aliphatic rings. The van der Waals surface area contributed by atoms with Crippen molar-refractivity contribution in [1.82, 2.24) is 14.4 Å². The van der Waals surface area contributed by atoms with Crippen molar-refractivity contribution in [3.63, 3.8) is 0 Å². The number of pyridine rings is 2. The second-order valence-electron chi connectivity index (χ2n) is 3.55. The summed E-state index contributed by atoms with van der Waals surface area (Å²) in [6.07, 6.45) is 1.70. The predicted octanol–water partition coefficient (Wildman–Crippen LogP) is 2.86. The zero-order chi connectivity index (χ0) is 11.8. The van der Waals surface area contributed by atoms with E-state index in [0.717, 1.165) is 11.2 Å². The molecule has 1 N–H and O–H groups in total. The molecule has 0 bridgehead atoms. The Labute approximate surface area is 106 Å². The van der Waals surface area contributed by atoms with Gasteiger partial charge in [0.05, 0.1) is 5.52 Å². The average Bonchev–Trinajstić information content (AvgIpc) is 2.70. The molecular weight excluding hydrogens is 282 g/mol. The highest BCUT2D eigenvalue weighted by atomic mass is 79.9. The van der Waals surface area contributed by atoms with Gasteiger partial charge in [0.2, 0.25) is 0 Å². The number of nitrogens with zero attached hydrogens (tertiary/aromatic N) is 3. The maximum Gasteiger partial charge on any atom is 0.197 e. The van der Waals surface area contributed by atoms with E-state index in [1.807, 2.05) is 24.3 Å². The van der Waals surface area contributed by atoms with Gasteiger partial charge in [-0.15, -0.1) is 0 Å². The maximum atomic E-state index is 9.90. The lowest BCUT2D eigenvalue weighted by Crippen LogP contribution is -1.91. The Morgan fingerprint density at radius 1 is 1.12 bits per heavy atom. The van der Waals surface area contributed by atoms with Crippen molar-refractivity contribution in [2.75, 3.05) is 0 Å².